The predicted molar refractivity (Wildman–Crippen MR) is 125 cm³/mol. The molecule has 0 radical (unpaired) electrons. The van der Waals surface area contributed by atoms with Crippen molar-refractivity contribution in [2.45, 2.75) is 0 Å². The minimum atomic E-state index is 0.567. The van der Waals surface area contributed by atoms with E-state index < -0.39 is 0 Å². The summed E-state index contributed by atoms with van der Waals surface area (Å²) in [5, 5.41) is 11.7. The number of nitriles is 1. The van der Waals surface area contributed by atoms with Crippen molar-refractivity contribution in [1.82, 2.24) is 4.57 Å². The zero-order valence-electron chi connectivity index (χ0n) is 15.8. The Balaban J connectivity index is 1.95. The Morgan fingerprint density at radius 3 is 2.13 bits per heavy atom. The van der Waals surface area contributed by atoms with Crippen molar-refractivity contribution < 1.29 is 0 Å². The number of para-hydroxylation sites is 3. The SMILES string of the molecule is [C-]#[N+]c1cccc(-c2cc(Br)cc(C#N)c2)c1-n1c2ccccc2c2ccccc21. The first-order chi connectivity index (χ1) is 14.7. The van der Waals surface area contributed by atoms with Crippen molar-refractivity contribution in [2.75, 3.05) is 0 Å². The molecule has 0 aliphatic rings. The number of benzene rings is 4. The first-order valence-corrected chi connectivity index (χ1v) is 10.2. The minimum Gasteiger partial charge on any atom is -0.318 e. The molecule has 0 unspecified atom stereocenters. The Hall–Kier alpha value is -3.86. The van der Waals surface area contributed by atoms with Gasteiger partial charge >= 0.3 is 0 Å². The molecular weight excluding hydrogens is 434 g/mol. The second-order valence-corrected chi connectivity index (χ2v) is 7.91. The van der Waals surface area contributed by atoms with E-state index in [2.05, 4.69) is 55.7 Å². The third-order valence-electron chi connectivity index (χ3n) is 5.28. The average Bonchev–Trinajstić information content (AvgIpc) is 3.12. The van der Waals surface area contributed by atoms with Gasteiger partial charge in [-0.15, -0.1) is 0 Å². The molecule has 0 saturated heterocycles. The van der Waals surface area contributed by atoms with Gasteiger partial charge in [0.15, 0.2) is 0 Å². The zero-order chi connectivity index (χ0) is 20.7. The Kier molecular flexibility index (Phi) is 4.36. The molecule has 0 N–H and O–H groups in total. The van der Waals surface area contributed by atoms with E-state index in [9.17, 15) is 5.26 Å². The second-order valence-electron chi connectivity index (χ2n) is 7.00. The van der Waals surface area contributed by atoms with Crippen LogP contribution in [0.2, 0.25) is 0 Å². The number of fused-ring (bicyclic) bond motifs is 3. The molecule has 0 atom stereocenters. The maximum atomic E-state index is 9.45. The molecule has 1 aromatic heterocycles. The maximum Gasteiger partial charge on any atom is 0.211 e. The molecule has 4 aromatic carbocycles. The van der Waals surface area contributed by atoms with Gasteiger partial charge in [0.25, 0.3) is 0 Å². The summed E-state index contributed by atoms with van der Waals surface area (Å²) in [6, 6.07) is 30.1. The Bertz CT molecular complexity index is 1480. The van der Waals surface area contributed by atoms with E-state index in [1.54, 1.807) is 6.07 Å². The highest BCUT2D eigenvalue weighted by atomic mass is 79.9. The van der Waals surface area contributed by atoms with Gasteiger partial charge in [0, 0.05) is 15.2 Å². The van der Waals surface area contributed by atoms with E-state index in [4.69, 9.17) is 6.57 Å². The van der Waals surface area contributed by atoms with Gasteiger partial charge in [-0.2, -0.15) is 5.26 Å². The monoisotopic (exact) mass is 447 g/mol. The molecule has 0 aliphatic carbocycles. The van der Waals surface area contributed by atoms with E-state index in [-0.39, 0.29) is 0 Å². The van der Waals surface area contributed by atoms with Crippen molar-refractivity contribution in [1.29, 1.82) is 5.26 Å². The standard InChI is InChI=1S/C26H14BrN3/c1-29-23-10-6-9-20(18-13-17(16-28)14-19(27)15-18)26(23)30-24-11-4-2-7-21(24)22-8-3-5-12-25(22)30/h2-15H. The summed E-state index contributed by atoms with van der Waals surface area (Å²) < 4.78 is 3.00. The molecule has 0 saturated carbocycles. The maximum absolute atomic E-state index is 9.45. The van der Waals surface area contributed by atoms with Gasteiger partial charge in [0.2, 0.25) is 5.69 Å². The van der Waals surface area contributed by atoms with Crippen LogP contribution in [0.25, 0.3) is 43.5 Å². The molecule has 0 amide bonds. The van der Waals surface area contributed by atoms with E-state index in [1.807, 2.05) is 54.6 Å². The van der Waals surface area contributed by atoms with Gasteiger partial charge in [0.05, 0.1) is 34.9 Å². The van der Waals surface area contributed by atoms with Crippen LogP contribution in [0.4, 0.5) is 5.69 Å². The molecule has 0 spiro atoms. The van der Waals surface area contributed by atoms with Crippen molar-refractivity contribution in [3.63, 3.8) is 0 Å². The lowest BCUT2D eigenvalue weighted by Gasteiger charge is -2.16. The fourth-order valence-electron chi connectivity index (χ4n) is 4.06. The van der Waals surface area contributed by atoms with Crippen molar-refractivity contribution >= 4 is 43.4 Å². The molecule has 140 valence electrons. The molecule has 0 bridgehead atoms. The number of hydrogen-bond acceptors (Lipinski definition) is 1. The fourth-order valence-corrected chi connectivity index (χ4v) is 4.56. The van der Waals surface area contributed by atoms with E-state index >= 15 is 0 Å². The first-order valence-electron chi connectivity index (χ1n) is 9.41. The average molecular weight is 448 g/mol. The highest BCUT2D eigenvalue weighted by molar-refractivity contribution is 9.10. The smallest absolute Gasteiger partial charge is 0.211 e. The van der Waals surface area contributed by atoms with Crippen molar-refractivity contribution in [3.8, 4) is 22.9 Å². The Morgan fingerprint density at radius 2 is 1.50 bits per heavy atom. The number of aromatic nitrogens is 1. The van der Waals surface area contributed by atoms with Gasteiger partial charge in [0.1, 0.15) is 0 Å². The number of hydrogen-bond donors (Lipinski definition) is 0. The molecule has 3 nitrogen and oxygen atoms in total. The van der Waals surface area contributed by atoms with Gasteiger partial charge < -0.3 is 4.57 Å². The Labute approximate surface area is 182 Å². The third kappa shape index (κ3) is 2.78. The molecule has 30 heavy (non-hydrogen) atoms. The zero-order valence-corrected chi connectivity index (χ0v) is 17.4. The Morgan fingerprint density at radius 1 is 0.833 bits per heavy atom. The molecular formula is C26H14BrN3. The first kappa shape index (κ1) is 18.2. The van der Waals surface area contributed by atoms with E-state index in [0.29, 0.717) is 11.3 Å². The van der Waals surface area contributed by atoms with Crippen LogP contribution in [-0.4, -0.2) is 4.57 Å². The van der Waals surface area contributed by atoms with Crippen LogP contribution in [0, 0.1) is 17.9 Å². The van der Waals surface area contributed by atoms with Crippen LogP contribution < -0.4 is 0 Å². The second kappa shape index (κ2) is 7.19. The molecule has 5 rings (SSSR count). The lowest BCUT2D eigenvalue weighted by atomic mass is 10.00. The van der Waals surface area contributed by atoms with Crippen LogP contribution >= 0.6 is 15.9 Å². The lowest BCUT2D eigenvalue weighted by molar-refractivity contribution is 1.19. The normalized spacial score (nSPS) is 10.8. The van der Waals surface area contributed by atoms with Gasteiger partial charge in [-0.25, -0.2) is 4.85 Å². The quantitative estimate of drug-likeness (QED) is 0.256. The molecule has 0 fully saturated rings. The number of nitrogens with zero attached hydrogens (tertiary/aromatic N) is 3. The minimum absolute atomic E-state index is 0.567. The molecule has 0 aliphatic heterocycles. The fraction of sp³-hybridized carbons (Fsp3) is 0. The van der Waals surface area contributed by atoms with Crippen molar-refractivity contribution in [3.05, 3.63) is 106 Å². The molecule has 4 heteroatoms. The highest BCUT2D eigenvalue weighted by Crippen LogP contribution is 2.41. The van der Waals surface area contributed by atoms with E-state index in [1.165, 1.54) is 0 Å². The third-order valence-corrected chi connectivity index (χ3v) is 5.73. The van der Waals surface area contributed by atoms with Crippen molar-refractivity contribution in [2.24, 2.45) is 0 Å². The van der Waals surface area contributed by atoms with Crippen LogP contribution in [0.1, 0.15) is 5.56 Å². The summed E-state index contributed by atoms with van der Waals surface area (Å²) in [5.41, 5.74) is 5.86. The summed E-state index contributed by atoms with van der Waals surface area (Å²) >= 11 is 3.52. The summed E-state index contributed by atoms with van der Waals surface area (Å²) in [4.78, 5) is 3.84. The van der Waals surface area contributed by atoms with Gasteiger partial charge in [-0.1, -0.05) is 70.5 Å². The van der Waals surface area contributed by atoms with Crippen LogP contribution in [-0.2, 0) is 0 Å². The van der Waals surface area contributed by atoms with Gasteiger partial charge in [-0.05, 0) is 41.5 Å². The molecule has 1 heterocycles. The van der Waals surface area contributed by atoms with Crippen LogP contribution in [0.5, 0.6) is 0 Å². The predicted octanol–water partition coefficient (Wildman–Crippen LogP) is 7.64. The topological polar surface area (TPSA) is 33.1 Å². The van der Waals surface area contributed by atoms with Gasteiger partial charge in [-0.3, -0.25) is 0 Å². The number of halogens is 1. The lowest BCUT2D eigenvalue weighted by Crippen LogP contribution is -1.98. The molecule has 5 aromatic rings. The summed E-state index contributed by atoms with van der Waals surface area (Å²) in [6.45, 7) is 7.83. The van der Waals surface area contributed by atoms with E-state index in [0.717, 1.165) is 43.1 Å². The summed E-state index contributed by atoms with van der Waals surface area (Å²) in [7, 11) is 0. The van der Waals surface area contributed by atoms with Crippen LogP contribution in [0.15, 0.2) is 89.4 Å². The highest BCUT2D eigenvalue weighted by Gasteiger charge is 2.18. The largest absolute Gasteiger partial charge is 0.318 e. The van der Waals surface area contributed by atoms with Crippen LogP contribution in [0.3, 0.4) is 0 Å². The summed E-state index contributed by atoms with van der Waals surface area (Å²) in [5.74, 6) is 0. The summed E-state index contributed by atoms with van der Waals surface area (Å²) in [6.07, 6.45) is 0. The number of rotatable bonds is 2.